The van der Waals surface area contributed by atoms with Gasteiger partial charge in [0.1, 0.15) is 0 Å². The Balaban J connectivity index is 2.34. The Morgan fingerprint density at radius 2 is 2.21 bits per heavy atom. The lowest BCUT2D eigenvalue weighted by Gasteiger charge is -2.32. The van der Waals surface area contributed by atoms with Gasteiger partial charge in [-0.3, -0.25) is 4.79 Å². The van der Waals surface area contributed by atoms with Crippen LogP contribution >= 0.6 is 0 Å². The summed E-state index contributed by atoms with van der Waals surface area (Å²) in [5, 5.41) is 7.98. The van der Waals surface area contributed by atoms with Crippen molar-refractivity contribution in [3.8, 4) is 0 Å². The summed E-state index contributed by atoms with van der Waals surface area (Å²) in [6.07, 6.45) is 2.80. The van der Waals surface area contributed by atoms with Crippen LogP contribution in [0.25, 0.3) is 0 Å². The third-order valence-electron chi connectivity index (χ3n) is 3.15. The first kappa shape index (κ1) is 16.4. The van der Waals surface area contributed by atoms with Gasteiger partial charge < -0.3 is 10.2 Å². The van der Waals surface area contributed by atoms with Gasteiger partial charge in [0.15, 0.2) is 0 Å². The highest BCUT2D eigenvalue weighted by Gasteiger charge is 2.23. The molecule has 1 unspecified atom stereocenters. The first-order chi connectivity index (χ1) is 8.92. The van der Waals surface area contributed by atoms with Crippen molar-refractivity contribution in [1.82, 2.24) is 14.9 Å². The molecule has 1 amide bonds. The lowest BCUT2D eigenvalue weighted by molar-refractivity contribution is -0.131. The number of nitrogens with two attached hydrogens (primary N) is 1. The maximum absolute atomic E-state index is 11.9. The average molecular weight is 292 g/mol. The number of carbonyl (C=O) groups is 1. The Hall–Kier alpha value is -0.700. The highest BCUT2D eigenvalue weighted by molar-refractivity contribution is 7.87. The molecular formula is C11H24N4O3S. The first-order valence-corrected chi connectivity index (χ1v) is 8.23. The Morgan fingerprint density at radius 3 is 2.84 bits per heavy atom. The quantitative estimate of drug-likeness (QED) is 0.524. The molecule has 0 radical (unpaired) electrons. The smallest absolute Gasteiger partial charge is 0.274 e. The molecule has 7 nitrogen and oxygen atoms in total. The van der Waals surface area contributed by atoms with Gasteiger partial charge in [0.2, 0.25) is 5.91 Å². The molecule has 1 heterocycles. The summed E-state index contributed by atoms with van der Waals surface area (Å²) in [6.45, 7) is 4.87. The summed E-state index contributed by atoms with van der Waals surface area (Å²) in [5.74, 6) is 0.218. The maximum atomic E-state index is 11.9. The number of nitrogens with zero attached hydrogens (tertiary/aromatic N) is 1. The van der Waals surface area contributed by atoms with Crippen molar-refractivity contribution in [2.75, 3.05) is 32.7 Å². The maximum Gasteiger partial charge on any atom is 0.274 e. The van der Waals surface area contributed by atoms with Crippen molar-refractivity contribution in [2.45, 2.75) is 26.2 Å². The highest BCUT2D eigenvalue weighted by atomic mass is 32.2. The molecule has 0 bridgehead atoms. The van der Waals surface area contributed by atoms with Crippen molar-refractivity contribution in [3.05, 3.63) is 0 Å². The van der Waals surface area contributed by atoms with E-state index < -0.39 is 10.2 Å². The zero-order valence-corrected chi connectivity index (χ0v) is 12.2. The number of amides is 1. The third kappa shape index (κ3) is 6.86. The minimum absolute atomic E-state index is 0.0776. The van der Waals surface area contributed by atoms with Crippen LogP contribution in [0.15, 0.2) is 0 Å². The van der Waals surface area contributed by atoms with Crippen LogP contribution in [0.4, 0.5) is 0 Å². The van der Waals surface area contributed by atoms with Crippen LogP contribution in [0.3, 0.4) is 0 Å². The molecule has 8 heteroatoms. The summed E-state index contributed by atoms with van der Waals surface area (Å²) in [5.41, 5.74) is 0. The molecular weight excluding hydrogens is 268 g/mol. The zero-order chi connectivity index (χ0) is 14.3. The van der Waals surface area contributed by atoms with E-state index in [0.29, 0.717) is 19.6 Å². The highest BCUT2D eigenvalue weighted by Crippen LogP contribution is 2.15. The number of hydrogen-bond donors (Lipinski definition) is 3. The van der Waals surface area contributed by atoms with E-state index >= 15 is 0 Å². The topological polar surface area (TPSA) is 105 Å². The van der Waals surface area contributed by atoms with Crippen molar-refractivity contribution in [1.29, 1.82) is 0 Å². The molecule has 112 valence electrons. The van der Waals surface area contributed by atoms with Gasteiger partial charge in [-0.15, -0.1) is 0 Å². The molecule has 1 saturated heterocycles. The van der Waals surface area contributed by atoms with Gasteiger partial charge in [0.25, 0.3) is 10.2 Å². The van der Waals surface area contributed by atoms with Crippen LogP contribution in [0, 0.1) is 5.92 Å². The van der Waals surface area contributed by atoms with Crippen molar-refractivity contribution in [2.24, 2.45) is 11.1 Å². The van der Waals surface area contributed by atoms with Gasteiger partial charge >= 0.3 is 0 Å². The summed E-state index contributed by atoms with van der Waals surface area (Å²) < 4.78 is 24.0. The van der Waals surface area contributed by atoms with Gasteiger partial charge in [-0.05, 0) is 31.7 Å². The minimum Gasteiger partial charge on any atom is -0.341 e. The average Bonchev–Trinajstić information content (AvgIpc) is 2.36. The van der Waals surface area contributed by atoms with E-state index in [4.69, 9.17) is 5.14 Å². The van der Waals surface area contributed by atoms with Crippen LogP contribution in [-0.2, 0) is 15.0 Å². The number of carbonyl (C=O) groups excluding carboxylic acids is 1. The Labute approximate surface area is 115 Å². The number of piperidine rings is 1. The van der Waals surface area contributed by atoms with Gasteiger partial charge in [-0.2, -0.15) is 8.42 Å². The predicted octanol–water partition coefficient (Wildman–Crippen LogP) is -0.982. The fraction of sp³-hybridized carbons (Fsp3) is 0.909. The second-order valence-electron chi connectivity index (χ2n) is 4.92. The van der Waals surface area contributed by atoms with E-state index in [0.717, 1.165) is 32.4 Å². The number of hydrogen-bond acceptors (Lipinski definition) is 4. The summed E-state index contributed by atoms with van der Waals surface area (Å²) >= 11 is 0. The van der Waals surface area contributed by atoms with Gasteiger partial charge in [-0.1, -0.05) is 6.92 Å². The summed E-state index contributed by atoms with van der Waals surface area (Å²) in [4.78, 5) is 13.7. The molecule has 1 rings (SSSR count). The second-order valence-corrected chi connectivity index (χ2v) is 6.30. The zero-order valence-electron chi connectivity index (χ0n) is 11.4. The van der Waals surface area contributed by atoms with E-state index in [-0.39, 0.29) is 11.8 Å². The van der Waals surface area contributed by atoms with Gasteiger partial charge in [0.05, 0.1) is 6.54 Å². The molecule has 4 N–H and O–H groups in total. The Bertz CT molecular complexity index is 385. The van der Waals surface area contributed by atoms with E-state index in [1.807, 2.05) is 6.92 Å². The van der Waals surface area contributed by atoms with E-state index in [9.17, 15) is 13.2 Å². The molecule has 0 spiro atoms. The SMILES string of the molecule is CCCNCC(=O)N1CCCC(CNS(N)(=O)=O)C1. The largest absolute Gasteiger partial charge is 0.341 e. The molecule has 0 aromatic rings. The molecule has 1 fully saturated rings. The van der Waals surface area contributed by atoms with Gasteiger partial charge in [-0.25, -0.2) is 9.86 Å². The fourth-order valence-electron chi connectivity index (χ4n) is 2.18. The van der Waals surface area contributed by atoms with Crippen LogP contribution in [-0.4, -0.2) is 51.9 Å². The third-order valence-corrected chi connectivity index (χ3v) is 3.72. The minimum atomic E-state index is -3.64. The molecule has 19 heavy (non-hydrogen) atoms. The molecule has 1 atom stereocenters. The Morgan fingerprint density at radius 1 is 1.47 bits per heavy atom. The lowest BCUT2D eigenvalue weighted by Crippen LogP contribution is -2.47. The van der Waals surface area contributed by atoms with Crippen molar-refractivity contribution in [3.63, 3.8) is 0 Å². The van der Waals surface area contributed by atoms with E-state index in [2.05, 4.69) is 10.0 Å². The first-order valence-electron chi connectivity index (χ1n) is 6.68. The number of likely N-dealkylation sites (tertiary alicyclic amines) is 1. The van der Waals surface area contributed by atoms with Crippen LogP contribution in [0.5, 0.6) is 0 Å². The molecule has 1 aliphatic rings. The molecule has 0 aromatic heterocycles. The Kier molecular flexibility index (Phi) is 6.70. The second kappa shape index (κ2) is 7.78. The van der Waals surface area contributed by atoms with Crippen LogP contribution in [0.1, 0.15) is 26.2 Å². The predicted molar refractivity (Wildman–Crippen MR) is 73.6 cm³/mol. The summed E-state index contributed by atoms with van der Waals surface area (Å²) in [6, 6.07) is 0. The normalized spacial score (nSPS) is 20.5. The number of rotatable bonds is 7. The van der Waals surface area contributed by atoms with Crippen molar-refractivity contribution < 1.29 is 13.2 Å². The summed E-state index contributed by atoms with van der Waals surface area (Å²) in [7, 11) is -3.64. The number of nitrogens with one attached hydrogen (secondary N) is 2. The van der Waals surface area contributed by atoms with Crippen LogP contribution in [0.2, 0.25) is 0 Å². The molecule has 0 aromatic carbocycles. The monoisotopic (exact) mass is 292 g/mol. The fourth-order valence-corrected chi connectivity index (χ4v) is 2.64. The van der Waals surface area contributed by atoms with Crippen molar-refractivity contribution >= 4 is 16.1 Å². The van der Waals surface area contributed by atoms with E-state index in [1.54, 1.807) is 4.90 Å². The van der Waals surface area contributed by atoms with Gasteiger partial charge in [0, 0.05) is 19.6 Å². The van der Waals surface area contributed by atoms with E-state index in [1.165, 1.54) is 0 Å². The van der Waals surface area contributed by atoms with Crippen LogP contribution < -0.4 is 15.2 Å². The molecule has 1 aliphatic heterocycles. The lowest BCUT2D eigenvalue weighted by atomic mass is 9.98. The molecule has 0 aliphatic carbocycles. The standard InChI is InChI=1S/C11H24N4O3S/c1-2-5-13-8-11(16)15-6-3-4-10(9-15)7-14-19(12,17)18/h10,13-14H,2-9H2,1H3,(H2,12,17,18). The molecule has 0 saturated carbocycles.